The molecular formula is C19H17BrS. The molecule has 1 heterocycles. The Morgan fingerprint density at radius 1 is 0.905 bits per heavy atom. The Balaban J connectivity index is 1.77. The molecule has 2 aromatic carbocycles. The third-order valence-electron chi connectivity index (χ3n) is 3.69. The zero-order valence-corrected chi connectivity index (χ0v) is 14.3. The summed E-state index contributed by atoms with van der Waals surface area (Å²) in [6, 6.07) is 19.5. The Kier molecular flexibility index (Phi) is 4.57. The summed E-state index contributed by atoms with van der Waals surface area (Å²) in [5.41, 5.74) is 6.75. The molecular weight excluding hydrogens is 340 g/mol. The second kappa shape index (κ2) is 6.59. The van der Waals surface area contributed by atoms with Crippen molar-refractivity contribution in [1.29, 1.82) is 0 Å². The summed E-state index contributed by atoms with van der Waals surface area (Å²) in [5, 5.41) is 4.43. The van der Waals surface area contributed by atoms with Gasteiger partial charge in [0.2, 0.25) is 0 Å². The van der Waals surface area contributed by atoms with E-state index in [0.29, 0.717) is 0 Å². The van der Waals surface area contributed by atoms with Crippen LogP contribution >= 0.6 is 27.3 Å². The van der Waals surface area contributed by atoms with Crippen molar-refractivity contribution in [1.82, 2.24) is 0 Å². The minimum Gasteiger partial charge on any atom is -0.152 e. The molecule has 2 heteroatoms. The van der Waals surface area contributed by atoms with Gasteiger partial charge in [-0.2, -0.15) is 11.3 Å². The standard InChI is InChI=1S/C19H17BrS/c1-14-12-21-13-18(14)19(20)17-9-7-16(8-10-17)11-15-5-3-2-4-6-15/h2-10,12-13,19H,11H2,1H3. The Morgan fingerprint density at radius 2 is 1.57 bits per heavy atom. The molecule has 0 radical (unpaired) electrons. The number of benzene rings is 2. The monoisotopic (exact) mass is 356 g/mol. The summed E-state index contributed by atoms with van der Waals surface area (Å²) in [7, 11) is 0. The lowest BCUT2D eigenvalue weighted by Gasteiger charge is -2.11. The van der Waals surface area contributed by atoms with Crippen LogP contribution in [0.2, 0.25) is 0 Å². The third-order valence-corrected chi connectivity index (χ3v) is 5.59. The molecule has 0 spiro atoms. The molecule has 1 unspecified atom stereocenters. The average molecular weight is 357 g/mol. The van der Waals surface area contributed by atoms with Crippen molar-refractivity contribution < 1.29 is 0 Å². The van der Waals surface area contributed by atoms with Crippen LogP contribution < -0.4 is 0 Å². The summed E-state index contributed by atoms with van der Waals surface area (Å²) in [4.78, 5) is 0.287. The maximum Gasteiger partial charge on any atom is 0.0655 e. The van der Waals surface area contributed by atoms with Crippen LogP contribution in [-0.4, -0.2) is 0 Å². The molecule has 0 saturated heterocycles. The molecule has 21 heavy (non-hydrogen) atoms. The van der Waals surface area contributed by atoms with Crippen LogP contribution in [0.1, 0.15) is 32.6 Å². The number of hydrogen-bond acceptors (Lipinski definition) is 1. The molecule has 106 valence electrons. The molecule has 0 nitrogen and oxygen atoms in total. The predicted octanol–water partition coefficient (Wildman–Crippen LogP) is 6.13. The predicted molar refractivity (Wildman–Crippen MR) is 95.5 cm³/mol. The first-order valence-corrected chi connectivity index (χ1v) is 8.89. The first-order valence-electron chi connectivity index (χ1n) is 7.03. The van der Waals surface area contributed by atoms with Gasteiger partial charge in [0.15, 0.2) is 0 Å². The van der Waals surface area contributed by atoms with E-state index in [1.165, 1.54) is 27.8 Å². The highest BCUT2D eigenvalue weighted by Gasteiger charge is 2.13. The van der Waals surface area contributed by atoms with E-state index >= 15 is 0 Å². The highest BCUT2D eigenvalue weighted by atomic mass is 79.9. The molecule has 0 fully saturated rings. The molecule has 1 aromatic heterocycles. The van der Waals surface area contributed by atoms with Gasteiger partial charge in [-0.3, -0.25) is 0 Å². The maximum atomic E-state index is 3.82. The van der Waals surface area contributed by atoms with Crippen LogP contribution in [-0.2, 0) is 6.42 Å². The molecule has 0 aliphatic carbocycles. The van der Waals surface area contributed by atoms with Crippen LogP contribution in [0.4, 0.5) is 0 Å². The largest absolute Gasteiger partial charge is 0.152 e. The van der Waals surface area contributed by atoms with Crippen LogP contribution in [0.5, 0.6) is 0 Å². The summed E-state index contributed by atoms with van der Waals surface area (Å²) in [6.07, 6.45) is 0.992. The van der Waals surface area contributed by atoms with E-state index in [0.717, 1.165) is 6.42 Å². The van der Waals surface area contributed by atoms with Gasteiger partial charge in [-0.05, 0) is 51.9 Å². The molecule has 3 rings (SSSR count). The van der Waals surface area contributed by atoms with Gasteiger partial charge in [-0.15, -0.1) is 0 Å². The number of alkyl halides is 1. The number of hydrogen-bond donors (Lipinski definition) is 0. The molecule has 0 amide bonds. The van der Waals surface area contributed by atoms with E-state index in [2.05, 4.69) is 88.2 Å². The lowest BCUT2D eigenvalue weighted by atomic mass is 10.0. The van der Waals surface area contributed by atoms with Gasteiger partial charge in [-0.25, -0.2) is 0 Å². The van der Waals surface area contributed by atoms with Crippen molar-refractivity contribution in [2.75, 3.05) is 0 Å². The van der Waals surface area contributed by atoms with E-state index in [1.54, 1.807) is 11.3 Å². The average Bonchev–Trinajstić information content (AvgIpc) is 2.94. The van der Waals surface area contributed by atoms with Crippen LogP contribution in [0, 0.1) is 6.92 Å². The highest BCUT2D eigenvalue weighted by Crippen LogP contribution is 2.34. The SMILES string of the molecule is Cc1cscc1C(Br)c1ccc(Cc2ccccc2)cc1. The number of aryl methyl sites for hydroxylation is 1. The van der Waals surface area contributed by atoms with Crippen molar-refractivity contribution in [3.8, 4) is 0 Å². The smallest absolute Gasteiger partial charge is 0.0655 e. The highest BCUT2D eigenvalue weighted by molar-refractivity contribution is 9.09. The van der Waals surface area contributed by atoms with Crippen LogP contribution in [0.15, 0.2) is 65.4 Å². The summed E-state index contributed by atoms with van der Waals surface area (Å²) in [6.45, 7) is 2.17. The lowest BCUT2D eigenvalue weighted by Crippen LogP contribution is -1.94. The van der Waals surface area contributed by atoms with Crippen molar-refractivity contribution >= 4 is 27.3 Å². The van der Waals surface area contributed by atoms with Gasteiger partial charge in [-0.1, -0.05) is 70.5 Å². The maximum absolute atomic E-state index is 3.82. The fourth-order valence-corrected chi connectivity index (χ4v) is 4.30. The molecule has 3 aromatic rings. The summed E-state index contributed by atoms with van der Waals surface area (Å²) in [5.74, 6) is 0. The molecule has 0 bridgehead atoms. The van der Waals surface area contributed by atoms with E-state index in [1.807, 2.05) is 0 Å². The zero-order chi connectivity index (χ0) is 14.7. The van der Waals surface area contributed by atoms with Crippen molar-refractivity contribution in [3.63, 3.8) is 0 Å². The number of halogens is 1. The number of thiophene rings is 1. The van der Waals surface area contributed by atoms with Crippen LogP contribution in [0.3, 0.4) is 0 Å². The summed E-state index contributed by atoms with van der Waals surface area (Å²) < 4.78 is 0. The van der Waals surface area contributed by atoms with Crippen LogP contribution in [0.25, 0.3) is 0 Å². The fraction of sp³-hybridized carbons (Fsp3) is 0.158. The van der Waals surface area contributed by atoms with Gasteiger partial charge in [0, 0.05) is 0 Å². The molecule has 0 N–H and O–H groups in total. The molecule has 0 saturated carbocycles. The Bertz CT molecular complexity index is 698. The zero-order valence-electron chi connectivity index (χ0n) is 11.9. The first kappa shape index (κ1) is 14.6. The minimum absolute atomic E-state index is 0.287. The van der Waals surface area contributed by atoms with Gasteiger partial charge in [0.25, 0.3) is 0 Å². The summed E-state index contributed by atoms with van der Waals surface area (Å²) >= 11 is 5.59. The van der Waals surface area contributed by atoms with Gasteiger partial charge >= 0.3 is 0 Å². The number of rotatable bonds is 4. The quantitative estimate of drug-likeness (QED) is 0.493. The fourth-order valence-electron chi connectivity index (χ4n) is 2.45. The third kappa shape index (κ3) is 3.45. The van der Waals surface area contributed by atoms with E-state index in [4.69, 9.17) is 0 Å². The molecule has 0 aliphatic heterocycles. The van der Waals surface area contributed by atoms with E-state index < -0.39 is 0 Å². The van der Waals surface area contributed by atoms with Crippen molar-refractivity contribution in [2.45, 2.75) is 18.2 Å². The second-order valence-corrected chi connectivity index (χ2v) is 6.94. The normalized spacial score (nSPS) is 12.3. The van der Waals surface area contributed by atoms with Gasteiger partial charge < -0.3 is 0 Å². The molecule has 1 atom stereocenters. The second-order valence-electron chi connectivity index (χ2n) is 5.28. The van der Waals surface area contributed by atoms with Crippen molar-refractivity contribution in [2.24, 2.45) is 0 Å². The van der Waals surface area contributed by atoms with Gasteiger partial charge in [0.1, 0.15) is 0 Å². The molecule has 0 aliphatic rings. The first-order chi connectivity index (χ1) is 10.2. The Labute approximate surface area is 138 Å². The Hall–Kier alpha value is -1.38. The lowest BCUT2D eigenvalue weighted by molar-refractivity contribution is 1.14. The Morgan fingerprint density at radius 3 is 2.19 bits per heavy atom. The topological polar surface area (TPSA) is 0 Å². The van der Waals surface area contributed by atoms with E-state index in [9.17, 15) is 0 Å². The van der Waals surface area contributed by atoms with E-state index in [-0.39, 0.29) is 4.83 Å². The minimum atomic E-state index is 0.287. The van der Waals surface area contributed by atoms with Gasteiger partial charge in [0.05, 0.1) is 4.83 Å². The van der Waals surface area contributed by atoms with Crippen molar-refractivity contribution in [3.05, 3.63) is 93.2 Å².